The van der Waals surface area contributed by atoms with E-state index in [4.69, 9.17) is 10.5 Å². The van der Waals surface area contributed by atoms with Crippen LogP contribution in [0.15, 0.2) is 18.2 Å². The number of nitrogens with two attached hydrogens (primary N) is 1. The van der Waals surface area contributed by atoms with Gasteiger partial charge in [0, 0.05) is 12.1 Å². The molecule has 3 rings (SSSR count). The van der Waals surface area contributed by atoms with Gasteiger partial charge in [-0.05, 0) is 51.0 Å². The first-order valence-electron chi connectivity index (χ1n) is 7.04. The molecule has 2 aliphatic rings. The van der Waals surface area contributed by atoms with E-state index in [9.17, 15) is 0 Å². The second-order valence-electron chi connectivity index (χ2n) is 6.28. The molecule has 1 saturated carbocycles. The lowest BCUT2D eigenvalue weighted by Gasteiger charge is -2.30. The molecule has 1 saturated heterocycles. The maximum Gasteiger partial charge on any atom is 0.0786 e. The Labute approximate surface area is 110 Å². The highest BCUT2D eigenvalue weighted by molar-refractivity contribution is 5.30. The molecule has 2 fully saturated rings. The predicted octanol–water partition coefficient (Wildman–Crippen LogP) is 2.74. The van der Waals surface area contributed by atoms with E-state index in [0.29, 0.717) is 6.10 Å². The summed E-state index contributed by atoms with van der Waals surface area (Å²) >= 11 is 0. The minimum absolute atomic E-state index is 0.137. The van der Waals surface area contributed by atoms with Gasteiger partial charge in [0.1, 0.15) is 0 Å². The Morgan fingerprint density at radius 1 is 1.22 bits per heavy atom. The molecule has 2 nitrogen and oxygen atoms in total. The van der Waals surface area contributed by atoms with Crippen molar-refractivity contribution >= 4 is 0 Å². The normalized spacial score (nSPS) is 31.8. The largest absolute Gasteiger partial charge is 0.376 e. The fourth-order valence-electron chi connectivity index (χ4n) is 3.43. The van der Waals surface area contributed by atoms with Crippen molar-refractivity contribution in [2.24, 2.45) is 11.7 Å². The SMILES string of the molecule is Cc1cc(C)cc(CC2(N)CCOC2C2CC2)c1. The second-order valence-corrected chi connectivity index (χ2v) is 6.28. The summed E-state index contributed by atoms with van der Waals surface area (Å²) in [5.74, 6) is 0.725. The molecule has 0 spiro atoms. The Morgan fingerprint density at radius 2 is 1.89 bits per heavy atom. The zero-order valence-corrected chi connectivity index (χ0v) is 11.4. The van der Waals surface area contributed by atoms with E-state index in [2.05, 4.69) is 32.0 Å². The van der Waals surface area contributed by atoms with Gasteiger partial charge in [0.25, 0.3) is 0 Å². The third kappa shape index (κ3) is 2.32. The van der Waals surface area contributed by atoms with Gasteiger partial charge in [-0.15, -0.1) is 0 Å². The van der Waals surface area contributed by atoms with E-state index in [-0.39, 0.29) is 5.54 Å². The van der Waals surface area contributed by atoms with Gasteiger partial charge in [0.05, 0.1) is 6.10 Å². The highest BCUT2D eigenvalue weighted by atomic mass is 16.5. The van der Waals surface area contributed by atoms with Crippen molar-refractivity contribution in [3.63, 3.8) is 0 Å². The number of rotatable bonds is 3. The van der Waals surface area contributed by atoms with Crippen molar-refractivity contribution in [2.45, 2.75) is 51.2 Å². The van der Waals surface area contributed by atoms with Crippen molar-refractivity contribution in [3.8, 4) is 0 Å². The first-order chi connectivity index (χ1) is 8.57. The third-order valence-electron chi connectivity index (χ3n) is 4.30. The van der Waals surface area contributed by atoms with Gasteiger partial charge in [-0.2, -0.15) is 0 Å². The minimum atomic E-state index is -0.137. The fourth-order valence-corrected chi connectivity index (χ4v) is 3.43. The lowest BCUT2D eigenvalue weighted by molar-refractivity contribution is 0.0626. The maximum atomic E-state index is 6.65. The Hall–Kier alpha value is -0.860. The van der Waals surface area contributed by atoms with Gasteiger partial charge in [0.15, 0.2) is 0 Å². The van der Waals surface area contributed by atoms with Crippen LogP contribution >= 0.6 is 0 Å². The van der Waals surface area contributed by atoms with Crippen LogP contribution in [0.2, 0.25) is 0 Å². The van der Waals surface area contributed by atoms with Gasteiger partial charge in [0.2, 0.25) is 0 Å². The molecule has 1 heterocycles. The Kier molecular flexibility index (Phi) is 2.95. The van der Waals surface area contributed by atoms with E-state index >= 15 is 0 Å². The van der Waals surface area contributed by atoms with Crippen molar-refractivity contribution in [2.75, 3.05) is 6.61 Å². The Bertz CT molecular complexity index is 432. The number of ether oxygens (including phenoxy) is 1. The quantitative estimate of drug-likeness (QED) is 0.888. The molecule has 1 aliphatic carbocycles. The molecule has 2 N–H and O–H groups in total. The van der Waals surface area contributed by atoms with Gasteiger partial charge in [-0.1, -0.05) is 29.3 Å². The van der Waals surface area contributed by atoms with Crippen LogP contribution in [0.5, 0.6) is 0 Å². The number of aryl methyl sites for hydroxylation is 2. The van der Waals surface area contributed by atoms with Crippen molar-refractivity contribution < 1.29 is 4.74 Å². The van der Waals surface area contributed by atoms with E-state index in [1.807, 2.05) is 0 Å². The number of hydrogen-bond donors (Lipinski definition) is 1. The van der Waals surface area contributed by atoms with Crippen LogP contribution in [0.3, 0.4) is 0 Å². The lowest BCUT2D eigenvalue weighted by atomic mass is 9.83. The number of hydrogen-bond acceptors (Lipinski definition) is 2. The summed E-state index contributed by atoms with van der Waals surface area (Å²) in [7, 11) is 0. The Morgan fingerprint density at radius 3 is 2.50 bits per heavy atom. The van der Waals surface area contributed by atoms with E-state index in [1.54, 1.807) is 0 Å². The van der Waals surface area contributed by atoms with Crippen molar-refractivity contribution in [1.82, 2.24) is 0 Å². The van der Waals surface area contributed by atoms with Gasteiger partial charge >= 0.3 is 0 Å². The van der Waals surface area contributed by atoms with Gasteiger partial charge < -0.3 is 10.5 Å². The number of benzene rings is 1. The first kappa shape index (κ1) is 12.2. The molecule has 18 heavy (non-hydrogen) atoms. The molecular weight excluding hydrogens is 222 g/mol. The van der Waals surface area contributed by atoms with Crippen molar-refractivity contribution in [1.29, 1.82) is 0 Å². The van der Waals surface area contributed by atoms with Crippen LogP contribution < -0.4 is 5.73 Å². The summed E-state index contributed by atoms with van der Waals surface area (Å²) in [4.78, 5) is 0. The summed E-state index contributed by atoms with van der Waals surface area (Å²) in [6.07, 6.45) is 4.85. The topological polar surface area (TPSA) is 35.2 Å². The molecule has 1 aromatic rings. The van der Waals surface area contributed by atoms with Crippen LogP contribution in [0, 0.1) is 19.8 Å². The van der Waals surface area contributed by atoms with E-state index < -0.39 is 0 Å². The highest BCUT2D eigenvalue weighted by Gasteiger charge is 2.48. The molecule has 0 bridgehead atoms. The molecule has 0 amide bonds. The average molecular weight is 245 g/mol. The summed E-state index contributed by atoms with van der Waals surface area (Å²) in [6.45, 7) is 5.15. The highest BCUT2D eigenvalue weighted by Crippen LogP contribution is 2.43. The smallest absolute Gasteiger partial charge is 0.0786 e. The summed E-state index contributed by atoms with van der Waals surface area (Å²) in [5.41, 5.74) is 10.5. The Balaban J connectivity index is 1.81. The lowest BCUT2D eigenvalue weighted by Crippen LogP contribution is -2.50. The van der Waals surface area contributed by atoms with Crippen LogP contribution in [0.25, 0.3) is 0 Å². The molecule has 0 aromatic heterocycles. The first-order valence-corrected chi connectivity index (χ1v) is 7.04. The summed E-state index contributed by atoms with van der Waals surface area (Å²) in [6, 6.07) is 6.75. The van der Waals surface area contributed by atoms with Gasteiger partial charge in [-0.3, -0.25) is 0 Å². The van der Waals surface area contributed by atoms with Crippen LogP contribution in [0.4, 0.5) is 0 Å². The summed E-state index contributed by atoms with van der Waals surface area (Å²) < 4.78 is 5.90. The summed E-state index contributed by atoms with van der Waals surface area (Å²) in [5, 5.41) is 0. The van der Waals surface area contributed by atoms with Gasteiger partial charge in [-0.25, -0.2) is 0 Å². The van der Waals surface area contributed by atoms with E-state index in [1.165, 1.54) is 29.5 Å². The molecule has 0 radical (unpaired) electrons. The second kappa shape index (κ2) is 4.36. The predicted molar refractivity (Wildman–Crippen MR) is 73.6 cm³/mol. The molecule has 1 aliphatic heterocycles. The van der Waals surface area contributed by atoms with E-state index in [0.717, 1.165) is 25.4 Å². The van der Waals surface area contributed by atoms with Crippen LogP contribution in [-0.4, -0.2) is 18.2 Å². The zero-order chi connectivity index (χ0) is 12.8. The van der Waals surface area contributed by atoms with Crippen molar-refractivity contribution in [3.05, 3.63) is 34.9 Å². The molecule has 2 atom stereocenters. The average Bonchev–Trinajstić information content (AvgIpc) is 3.01. The third-order valence-corrected chi connectivity index (χ3v) is 4.30. The van der Waals surface area contributed by atoms with Crippen LogP contribution in [-0.2, 0) is 11.2 Å². The van der Waals surface area contributed by atoms with Crippen LogP contribution in [0.1, 0.15) is 36.0 Å². The zero-order valence-electron chi connectivity index (χ0n) is 11.4. The molecule has 2 heteroatoms. The fraction of sp³-hybridized carbons (Fsp3) is 0.625. The molecule has 1 aromatic carbocycles. The molecular formula is C16H23NO. The maximum absolute atomic E-state index is 6.65. The molecule has 2 unspecified atom stereocenters. The standard InChI is InChI=1S/C16H23NO/c1-11-7-12(2)9-13(8-11)10-16(17)5-6-18-15(16)14-3-4-14/h7-9,14-15H,3-6,10,17H2,1-2H3. The molecule has 98 valence electrons. The minimum Gasteiger partial charge on any atom is -0.376 e. The monoisotopic (exact) mass is 245 g/mol.